The minimum Gasteiger partial charge on any atom is -0.422 e. The van der Waals surface area contributed by atoms with E-state index in [0.29, 0.717) is 11.6 Å². The Balaban J connectivity index is 2.00. The molecule has 3 rings (SSSR count). The Bertz CT molecular complexity index is 748. The molecule has 4 heteroatoms. The summed E-state index contributed by atoms with van der Waals surface area (Å²) in [6.45, 7) is 6.04. The Kier molecular flexibility index (Phi) is 4.83. The summed E-state index contributed by atoms with van der Waals surface area (Å²) in [6.07, 6.45) is 4.33. The van der Waals surface area contributed by atoms with Crippen molar-refractivity contribution in [1.82, 2.24) is 4.90 Å². The van der Waals surface area contributed by atoms with Crippen LogP contribution in [0.1, 0.15) is 42.4 Å². The molecule has 124 valence electrons. The predicted molar refractivity (Wildman–Crippen MR) is 91.7 cm³/mol. The second-order valence-electron chi connectivity index (χ2n) is 6.68. The summed E-state index contributed by atoms with van der Waals surface area (Å²) in [4.78, 5) is 14.4. The fraction of sp³-hybridized carbons (Fsp3) is 0.526. The molecule has 2 aromatic rings. The summed E-state index contributed by atoms with van der Waals surface area (Å²) in [6, 6.07) is 6.18. The lowest BCUT2D eigenvalue weighted by atomic mass is 9.97. The van der Waals surface area contributed by atoms with E-state index in [1.807, 2.05) is 13.0 Å². The normalized spacial score (nSPS) is 19.3. The van der Waals surface area contributed by atoms with Crippen molar-refractivity contribution in [3.05, 3.63) is 45.3 Å². The molecule has 2 heterocycles. The molecular weight excluding hydrogens is 290 g/mol. The third-order valence-electron chi connectivity index (χ3n) is 4.84. The van der Waals surface area contributed by atoms with Gasteiger partial charge in [0, 0.05) is 30.6 Å². The number of hydrogen-bond donors (Lipinski definition) is 1. The van der Waals surface area contributed by atoms with Crippen molar-refractivity contribution < 1.29 is 9.52 Å². The van der Waals surface area contributed by atoms with Gasteiger partial charge in [-0.05, 0) is 62.4 Å². The van der Waals surface area contributed by atoms with Crippen LogP contribution in [-0.2, 0) is 6.54 Å². The Morgan fingerprint density at radius 2 is 2.09 bits per heavy atom. The first kappa shape index (κ1) is 16.2. The molecule has 1 fully saturated rings. The van der Waals surface area contributed by atoms with Gasteiger partial charge < -0.3 is 9.52 Å². The van der Waals surface area contributed by atoms with Gasteiger partial charge in [-0.15, -0.1) is 0 Å². The highest BCUT2D eigenvalue weighted by Gasteiger charge is 2.23. The number of aliphatic hydroxyl groups excluding tert-OH is 1. The minimum absolute atomic E-state index is 0.219. The zero-order valence-electron chi connectivity index (χ0n) is 14.0. The maximum Gasteiger partial charge on any atom is 0.336 e. The highest BCUT2D eigenvalue weighted by Crippen LogP contribution is 2.27. The Morgan fingerprint density at radius 1 is 1.26 bits per heavy atom. The van der Waals surface area contributed by atoms with Crippen LogP contribution in [0.15, 0.2) is 27.4 Å². The van der Waals surface area contributed by atoms with E-state index >= 15 is 0 Å². The average Bonchev–Trinajstić information content (AvgIpc) is 2.51. The third kappa shape index (κ3) is 3.48. The largest absolute Gasteiger partial charge is 0.422 e. The highest BCUT2D eigenvalue weighted by molar-refractivity contribution is 5.83. The molecule has 0 radical (unpaired) electrons. The van der Waals surface area contributed by atoms with Crippen molar-refractivity contribution in [1.29, 1.82) is 0 Å². The number of piperidine rings is 1. The first-order chi connectivity index (χ1) is 11.1. The smallest absolute Gasteiger partial charge is 0.336 e. The summed E-state index contributed by atoms with van der Waals surface area (Å²) < 4.78 is 5.44. The second kappa shape index (κ2) is 6.85. The number of aryl methyl sites for hydroxylation is 2. The summed E-state index contributed by atoms with van der Waals surface area (Å²) >= 11 is 0. The van der Waals surface area contributed by atoms with Crippen molar-refractivity contribution >= 4 is 11.0 Å². The fourth-order valence-corrected chi connectivity index (χ4v) is 3.77. The maximum absolute atomic E-state index is 12.0. The topological polar surface area (TPSA) is 53.7 Å². The maximum atomic E-state index is 12.0. The first-order valence-electron chi connectivity index (χ1n) is 8.47. The molecule has 0 saturated carbocycles. The SMILES string of the molecule is Cc1cc(C)c2oc(=O)cc(CN3CCCC[C@@H]3CCO)c2c1. The van der Waals surface area contributed by atoms with E-state index in [2.05, 4.69) is 17.9 Å². The molecule has 1 saturated heterocycles. The van der Waals surface area contributed by atoms with Crippen molar-refractivity contribution in [2.75, 3.05) is 13.2 Å². The van der Waals surface area contributed by atoms with Crippen molar-refractivity contribution in [2.24, 2.45) is 0 Å². The summed E-state index contributed by atoms with van der Waals surface area (Å²) in [5.41, 5.74) is 3.64. The van der Waals surface area contributed by atoms with Gasteiger partial charge in [-0.1, -0.05) is 12.5 Å². The number of aliphatic hydroxyl groups is 1. The van der Waals surface area contributed by atoms with Gasteiger partial charge in [0.15, 0.2) is 0 Å². The van der Waals surface area contributed by atoms with Crippen LogP contribution in [0, 0.1) is 13.8 Å². The molecule has 0 aliphatic carbocycles. The van der Waals surface area contributed by atoms with Gasteiger partial charge in [0.1, 0.15) is 5.58 Å². The van der Waals surface area contributed by atoms with Crippen LogP contribution in [0.3, 0.4) is 0 Å². The number of hydrogen-bond acceptors (Lipinski definition) is 4. The van der Waals surface area contributed by atoms with Crippen LogP contribution in [0.4, 0.5) is 0 Å². The summed E-state index contributed by atoms with van der Waals surface area (Å²) in [5.74, 6) is 0. The second-order valence-corrected chi connectivity index (χ2v) is 6.68. The number of benzene rings is 1. The monoisotopic (exact) mass is 315 g/mol. The van der Waals surface area contributed by atoms with Crippen LogP contribution < -0.4 is 5.63 Å². The van der Waals surface area contributed by atoms with E-state index in [1.165, 1.54) is 18.4 Å². The van der Waals surface area contributed by atoms with Crippen LogP contribution >= 0.6 is 0 Å². The Hall–Kier alpha value is -1.65. The minimum atomic E-state index is -0.282. The lowest BCUT2D eigenvalue weighted by molar-refractivity contribution is 0.113. The van der Waals surface area contributed by atoms with Gasteiger partial charge in [0.25, 0.3) is 0 Å². The fourth-order valence-electron chi connectivity index (χ4n) is 3.77. The van der Waals surface area contributed by atoms with Gasteiger partial charge in [0.2, 0.25) is 0 Å². The van der Waals surface area contributed by atoms with Gasteiger partial charge >= 0.3 is 5.63 Å². The number of fused-ring (bicyclic) bond motifs is 1. The van der Waals surface area contributed by atoms with E-state index in [4.69, 9.17) is 4.42 Å². The summed E-state index contributed by atoms with van der Waals surface area (Å²) in [7, 11) is 0. The number of likely N-dealkylation sites (tertiary alicyclic amines) is 1. The molecule has 1 aliphatic rings. The lowest BCUT2D eigenvalue weighted by Crippen LogP contribution is -2.39. The first-order valence-corrected chi connectivity index (χ1v) is 8.47. The molecule has 0 bridgehead atoms. The Morgan fingerprint density at radius 3 is 2.87 bits per heavy atom. The molecule has 1 atom stereocenters. The van der Waals surface area contributed by atoms with Crippen LogP contribution in [0.2, 0.25) is 0 Å². The standard InChI is InChI=1S/C19H25NO3/c1-13-9-14(2)19-17(10-13)15(11-18(22)23-19)12-20-7-4-3-5-16(20)6-8-21/h9-11,16,21H,3-8,12H2,1-2H3/t16-/m1/s1. The van der Waals surface area contributed by atoms with Gasteiger partial charge in [0.05, 0.1) is 0 Å². The van der Waals surface area contributed by atoms with Crippen LogP contribution in [0.5, 0.6) is 0 Å². The molecule has 1 aromatic carbocycles. The highest BCUT2D eigenvalue weighted by atomic mass is 16.4. The molecule has 0 amide bonds. The number of rotatable bonds is 4. The van der Waals surface area contributed by atoms with E-state index in [9.17, 15) is 9.90 Å². The predicted octanol–water partition coefficient (Wildman–Crippen LogP) is 3.15. The molecule has 0 unspecified atom stereocenters. The molecule has 1 aliphatic heterocycles. The molecule has 1 N–H and O–H groups in total. The molecular formula is C19H25NO3. The zero-order chi connectivity index (χ0) is 16.4. The van der Waals surface area contributed by atoms with Crippen LogP contribution in [0.25, 0.3) is 11.0 Å². The third-order valence-corrected chi connectivity index (χ3v) is 4.84. The number of nitrogens with zero attached hydrogens (tertiary/aromatic N) is 1. The molecule has 1 aromatic heterocycles. The quantitative estimate of drug-likeness (QED) is 0.881. The van der Waals surface area contributed by atoms with E-state index in [-0.39, 0.29) is 12.2 Å². The lowest BCUT2D eigenvalue weighted by Gasteiger charge is -2.35. The zero-order valence-corrected chi connectivity index (χ0v) is 14.0. The van der Waals surface area contributed by atoms with E-state index in [0.717, 1.165) is 42.4 Å². The van der Waals surface area contributed by atoms with Gasteiger partial charge in [-0.3, -0.25) is 4.90 Å². The van der Waals surface area contributed by atoms with E-state index < -0.39 is 0 Å². The van der Waals surface area contributed by atoms with Crippen LogP contribution in [-0.4, -0.2) is 29.2 Å². The van der Waals surface area contributed by atoms with E-state index in [1.54, 1.807) is 6.07 Å². The Labute approximate surface area is 136 Å². The molecule has 23 heavy (non-hydrogen) atoms. The van der Waals surface area contributed by atoms with Gasteiger partial charge in [-0.25, -0.2) is 4.79 Å². The van der Waals surface area contributed by atoms with Gasteiger partial charge in [-0.2, -0.15) is 0 Å². The summed E-state index contributed by atoms with van der Waals surface area (Å²) in [5, 5.41) is 10.3. The van der Waals surface area contributed by atoms with Crippen molar-refractivity contribution in [2.45, 2.75) is 52.1 Å². The van der Waals surface area contributed by atoms with Crippen molar-refractivity contribution in [3.8, 4) is 0 Å². The van der Waals surface area contributed by atoms with Crippen molar-refractivity contribution in [3.63, 3.8) is 0 Å². The molecule has 4 nitrogen and oxygen atoms in total. The molecule has 0 spiro atoms. The average molecular weight is 315 g/mol.